The number of aryl methyl sites for hydroxylation is 1. The van der Waals surface area contributed by atoms with Crippen molar-refractivity contribution in [3.05, 3.63) is 54.3 Å². The quantitative estimate of drug-likeness (QED) is 0.520. The smallest absolute Gasteiger partial charge is 0.176 e. The Hall–Kier alpha value is -2.88. The summed E-state index contributed by atoms with van der Waals surface area (Å²) in [5.74, 6) is 1.57. The summed E-state index contributed by atoms with van der Waals surface area (Å²) in [4.78, 5) is 16.5. The summed E-state index contributed by atoms with van der Waals surface area (Å²) in [5, 5.41) is 1.97. The largest absolute Gasteiger partial charge is 0.461 e. The minimum Gasteiger partial charge on any atom is -0.461 e. The molecule has 0 unspecified atom stereocenters. The van der Waals surface area contributed by atoms with Crippen molar-refractivity contribution in [1.82, 2.24) is 9.55 Å². The zero-order valence-corrected chi connectivity index (χ0v) is 12.3. The number of aromatic nitrogens is 2. The lowest BCUT2D eigenvalue weighted by molar-refractivity contribution is 0.101. The molecule has 4 nitrogen and oxygen atoms in total. The highest BCUT2D eigenvalue weighted by molar-refractivity contribution is 6.10. The summed E-state index contributed by atoms with van der Waals surface area (Å²) in [5.41, 5.74) is 2.60. The number of carbonyl (C=O) groups excluding carboxylic acids is 1. The molecule has 22 heavy (non-hydrogen) atoms. The Kier molecular flexibility index (Phi) is 2.66. The maximum Gasteiger partial charge on any atom is 0.176 e. The average molecular weight is 290 g/mol. The number of furan rings is 1. The van der Waals surface area contributed by atoms with Gasteiger partial charge in [0.15, 0.2) is 17.4 Å². The van der Waals surface area contributed by atoms with E-state index in [2.05, 4.69) is 11.1 Å². The second-order valence-electron chi connectivity index (χ2n) is 5.40. The van der Waals surface area contributed by atoms with E-state index in [4.69, 9.17) is 4.42 Å². The first-order valence-corrected chi connectivity index (χ1v) is 7.09. The van der Waals surface area contributed by atoms with Crippen molar-refractivity contribution < 1.29 is 9.21 Å². The minimum absolute atomic E-state index is 0.0622. The summed E-state index contributed by atoms with van der Waals surface area (Å²) in [6.45, 7) is 1.59. The van der Waals surface area contributed by atoms with E-state index in [1.807, 2.05) is 48.0 Å². The molecule has 2 heterocycles. The number of benzene rings is 2. The van der Waals surface area contributed by atoms with Crippen molar-refractivity contribution >= 4 is 27.6 Å². The van der Waals surface area contributed by atoms with E-state index in [0.717, 1.165) is 39.0 Å². The average Bonchev–Trinajstić information content (AvgIpc) is 3.13. The van der Waals surface area contributed by atoms with Gasteiger partial charge in [0.05, 0.1) is 17.3 Å². The molecule has 0 fully saturated rings. The number of fused-ring (bicyclic) bond motifs is 2. The van der Waals surface area contributed by atoms with Crippen molar-refractivity contribution in [1.29, 1.82) is 0 Å². The van der Waals surface area contributed by atoms with Crippen molar-refractivity contribution in [2.24, 2.45) is 7.05 Å². The van der Waals surface area contributed by atoms with Gasteiger partial charge in [0.2, 0.25) is 0 Å². The Bertz CT molecular complexity index is 1010. The van der Waals surface area contributed by atoms with Gasteiger partial charge in [-0.2, -0.15) is 0 Å². The number of hydrogen-bond donors (Lipinski definition) is 0. The van der Waals surface area contributed by atoms with E-state index in [-0.39, 0.29) is 5.78 Å². The zero-order valence-electron chi connectivity index (χ0n) is 12.3. The molecule has 0 aliphatic carbocycles. The van der Waals surface area contributed by atoms with Crippen LogP contribution in [0.1, 0.15) is 17.3 Å². The van der Waals surface area contributed by atoms with Crippen molar-refractivity contribution in [3.63, 3.8) is 0 Å². The molecule has 108 valence electrons. The van der Waals surface area contributed by atoms with E-state index in [1.54, 1.807) is 13.2 Å². The first kappa shape index (κ1) is 12.8. The Morgan fingerprint density at radius 2 is 2.05 bits per heavy atom. The molecule has 0 saturated heterocycles. The van der Waals surface area contributed by atoms with Gasteiger partial charge in [-0.15, -0.1) is 0 Å². The predicted molar refractivity (Wildman–Crippen MR) is 85.9 cm³/mol. The minimum atomic E-state index is 0.0622. The summed E-state index contributed by atoms with van der Waals surface area (Å²) >= 11 is 0. The van der Waals surface area contributed by atoms with Crippen LogP contribution in [-0.4, -0.2) is 15.3 Å². The molecule has 0 aliphatic heterocycles. The number of imidazole rings is 1. The molecule has 0 radical (unpaired) electrons. The van der Waals surface area contributed by atoms with Crippen LogP contribution < -0.4 is 0 Å². The van der Waals surface area contributed by atoms with Gasteiger partial charge < -0.3 is 8.98 Å². The van der Waals surface area contributed by atoms with Gasteiger partial charge in [0.25, 0.3) is 0 Å². The molecule has 2 aromatic heterocycles. The number of ketones is 1. The Morgan fingerprint density at radius 3 is 2.77 bits per heavy atom. The van der Waals surface area contributed by atoms with E-state index < -0.39 is 0 Å². The molecule has 4 aromatic rings. The lowest BCUT2D eigenvalue weighted by Gasteiger charge is -2.04. The first-order valence-electron chi connectivity index (χ1n) is 7.09. The summed E-state index contributed by atoms with van der Waals surface area (Å²) in [6.07, 6.45) is 1.64. The third-order valence-corrected chi connectivity index (χ3v) is 4.00. The van der Waals surface area contributed by atoms with Gasteiger partial charge >= 0.3 is 0 Å². The molecular formula is C18H14N2O2. The van der Waals surface area contributed by atoms with Crippen LogP contribution in [0.15, 0.2) is 53.1 Å². The highest BCUT2D eigenvalue weighted by atomic mass is 16.3. The fourth-order valence-corrected chi connectivity index (χ4v) is 2.90. The standard InChI is InChI=1S/C18H14N2O2/c1-11(21)13-6-3-5-12-9-16-15(10-14(12)13)19-18(20(16)2)17-7-4-8-22-17/h3-10H,1-2H3. The molecule has 0 saturated carbocycles. The Labute approximate surface area is 127 Å². The lowest BCUT2D eigenvalue weighted by atomic mass is 10.0. The fourth-order valence-electron chi connectivity index (χ4n) is 2.90. The number of hydrogen-bond acceptors (Lipinski definition) is 3. The van der Waals surface area contributed by atoms with Gasteiger partial charge in [-0.25, -0.2) is 4.98 Å². The van der Waals surface area contributed by atoms with Crippen LogP contribution in [0.3, 0.4) is 0 Å². The highest BCUT2D eigenvalue weighted by Gasteiger charge is 2.14. The molecule has 4 rings (SSSR count). The summed E-state index contributed by atoms with van der Waals surface area (Å²) in [7, 11) is 1.97. The second-order valence-corrected chi connectivity index (χ2v) is 5.40. The van der Waals surface area contributed by atoms with Crippen molar-refractivity contribution in [2.45, 2.75) is 6.92 Å². The van der Waals surface area contributed by atoms with Gasteiger partial charge in [0.1, 0.15) is 0 Å². The maximum absolute atomic E-state index is 11.8. The topological polar surface area (TPSA) is 48.0 Å². The molecule has 0 amide bonds. The van der Waals surface area contributed by atoms with E-state index in [1.165, 1.54) is 0 Å². The third-order valence-electron chi connectivity index (χ3n) is 4.00. The molecule has 0 aliphatic rings. The maximum atomic E-state index is 11.8. The van der Waals surface area contributed by atoms with Crippen LogP contribution in [0.5, 0.6) is 0 Å². The molecule has 2 aromatic carbocycles. The van der Waals surface area contributed by atoms with Crippen LogP contribution in [0.2, 0.25) is 0 Å². The monoisotopic (exact) mass is 290 g/mol. The van der Waals surface area contributed by atoms with Crippen LogP contribution in [0, 0.1) is 0 Å². The number of nitrogens with zero attached hydrogens (tertiary/aromatic N) is 2. The first-order chi connectivity index (χ1) is 10.6. The van der Waals surface area contributed by atoms with Crippen molar-refractivity contribution in [2.75, 3.05) is 0 Å². The molecule has 0 atom stereocenters. The molecule has 4 heteroatoms. The summed E-state index contributed by atoms with van der Waals surface area (Å²) < 4.78 is 7.46. The van der Waals surface area contributed by atoms with Gasteiger partial charge in [0, 0.05) is 12.6 Å². The predicted octanol–water partition coefficient (Wildman–Crippen LogP) is 4.19. The molecule has 0 spiro atoms. The third kappa shape index (κ3) is 1.77. The van der Waals surface area contributed by atoms with Crippen LogP contribution >= 0.6 is 0 Å². The molecule has 0 bridgehead atoms. The zero-order chi connectivity index (χ0) is 15.3. The van der Waals surface area contributed by atoms with E-state index in [0.29, 0.717) is 0 Å². The van der Waals surface area contributed by atoms with Gasteiger partial charge in [-0.1, -0.05) is 18.2 Å². The lowest BCUT2D eigenvalue weighted by Crippen LogP contribution is -1.94. The number of rotatable bonds is 2. The summed E-state index contributed by atoms with van der Waals surface area (Å²) in [6, 6.07) is 13.6. The van der Waals surface area contributed by atoms with E-state index in [9.17, 15) is 4.79 Å². The highest BCUT2D eigenvalue weighted by Crippen LogP contribution is 2.29. The van der Waals surface area contributed by atoms with Crippen molar-refractivity contribution in [3.8, 4) is 11.6 Å². The fraction of sp³-hybridized carbons (Fsp3) is 0.111. The normalized spacial score (nSPS) is 11.4. The van der Waals surface area contributed by atoms with Crippen LogP contribution in [0.4, 0.5) is 0 Å². The van der Waals surface area contributed by atoms with Gasteiger partial charge in [-0.05, 0) is 42.0 Å². The van der Waals surface area contributed by atoms with Crippen LogP contribution in [-0.2, 0) is 7.05 Å². The van der Waals surface area contributed by atoms with Gasteiger partial charge in [-0.3, -0.25) is 4.79 Å². The Balaban J connectivity index is 2.07. The molecular weight excluding hydrogens is 276 g/mol. The Morgan fingerprint density at radius 1 is 1.18 bits per heavy atom. The van der Waals surface area contributed by atoms with Crippen LogP contribution in [0.25, 0.3) is 33.4 Å². The van der Waals surface area contributed by atoms with E-state index >= 15 is 0 Å². The second kappa shape index (κ2) is 4.56. The number of Topliss-reactive ketones (excluding diaryl/α,β-unsaturated/α-hetero) is 1. The SMILES string of the molecule is CC(=O)c1cccc2cc3c(cc12)nc(-c1ccco1)n3C. The molecule has 0 N–H and O–H groups in total. The number of carbonyl (C=O) groups is 1.